The van der Waals surface area contributed by atoms with Gasteiger partial charge in [0.15, 0.2) is 0 Å². The third-order valence-corrected chi connectivity index (χ3v) is 3.74. The van der Waals surface area contributed by atoms with Crippen molar-refractivity contribution in [1.82, 2.24) is 9.88 Å². The molecule has 0 aromatic carbocycles. The summed E-state index contributed by atoms with van der Waals surface area (Å²) in [5.41, 5.74) is 0.623. The number of rotatable bonds is 2. The highest BCUT2D eigenvalue weighted by Gasteiger charge is 2.28. The molecule has 1 fully saturated rings. The van der Waals surface area contributed by atoms with Crippen LogP contribution in [0.3, 0.4) is 0 Å². The number of amides is 1. The van der Waals surface area contributed by atoms with Crippen molar-refractivity contribution >= 4 is 11.9 Å². The number of aromatic nitrogens is 1. The number of carbonyl (C=O) groups is 2. The summed E-state index contributed by atoms with van der Waals surface area (Å²) >= 11 is 0. The molecule has 0 radical (unpaired) electrons. The number of aryl methyl sites for hydroxylation is 1. The molecule has 2 N–H and O–H groups in total. The summed E-state index contributed by atoms with van der Waals surface area (Å²) in [4.78, 5) is 28.8. The van der Waals surface area contributed by atoms with Crippen LogP contribution in [0.2, 0.25) is 0 Å². The number of hydrogen-bond donors (Lipinski definition) is 2. The van der Waals surface area contributed by atoms with Gasteiger partial charge in [0.05, 0.1) is 17.4 Å². The van der Waals surface area contributed by atoms with Gasteiger partial charge in [-0.1, -0.05) is 6.92 Å². The van der Waals surface area contributed by atoms with Crippen LogP contribution in [-0.2, 0) is 0 Å². The summed E-state index contributed by atoms with van der Waals surface area (Å²) in [5.74, 6) is -1.14. The summed E-state index contributed by atoms with van der Waals surface area (Å²) in [5, 5.41) is 18.8. The van der Waals surface area contributed by atoms with E-state index in [0.717, 1.165) is 6.42 Å². The van der Waals surface area contributed by atoms with E-state index in [4.69, 9.17) is 5.11 Å². The Morgan fingerprint density at radius 2 is 2.10 bits per heavy atom. The average molecular weight is 278 g/mol. The normalized spacial score (nSPS) is 22.6. The topological polar surface area (TPSA) is 90.7 Å². The number of carboxylic acids is 1. The second-order valence-corrected chi connectivity index (χ2v) is 5.22. The van der Waals surface area contributed by atoms with Crippen LogP contribution in [0.1, 0.15) is 39.9 Å². The van der Waals surface area contributed by atoms with Crippen LogP contribution in [0.15, 0.2) is 12.1 Å². The predicted octanol–water partition coefficient (Wildman–Crippen LogP) is 0.931. The molecule has 2 unspecified atom stereocenters. The Morgan fingerprint density at radius 1 is 1.40 bits per heavy atom. The minimum atomic E-state index is -1.06. The smallest absolute Gasteiger partial charge is 0.337 e. The van der Waals surface area contributed by atoms with E-state index in [1.807, 2.05) is 6.92 Å². The largest absolute Gasteiger partial charge is 0.478 e. The van der Waals surface area contributed by atoms with Gasteiger partial charge in [0.25, 0.3) is 5.91 Å². The maximum absolute atomic E-state index is 12.3. The van der Waals surface area contributed by atoms with Gasteiger partial charge in [-0.2, -0.15) is 0 Å². The molecule has 0 saturated carbocycles. The molecule has 1 aromatic heterocycles. The lowest BCUT2D eigenvalue weighted by Crippen LogP contribution is -2.46. The minimum Gasteiger partial charge on any atom is -0.478 e. The maximum atomic E-state index is 12.3. The van der Waals surface area contributed by atoms with E-state index in [-0.39, 0.29) is 23.1 Å². The molecule has 1 aliphatic heterocycles. The van der Waals surface area contributed by atoms with E-state index in [0.29, 0.717) is 18.8 Å². The first kappa shape index (κ1) is 14.5. The van der Waals surface area contributed by atoms with Crippen LogP contribution < -0.4 is 0 Å². The number of likely N-dealkylation sites (tertiary alicyclic amines) is 1. The Hall–Kier alpha value is -1.95. The number of aliphatic hydroxyl groups is 1. The van der Waals surface area contributed by atoms with Crippen LogP contribution in [0.5, 0.6) is 0 Å². The molecule has 6 heteroatoms. The second kappa shape index (κ2) is 5.58. The van der Waals surface area contributed by atoms with E-state index < -0.39 is 12.1 Å². The number of hydrogen-bond acceptors (Lipinski definition) is 4. The lowest BCUT2D eigenvalue weighted by molar-refractivity contribution is 0.0245. The molecule has 0 spiro atoms. The molecule has 6 nitrogen and oxygen atoms in total. The molecule has 108 valence electrons. The van der Waals surface area contributed by atoms with Crippen molar-refractivity contribution in [3.05, 3.63) is 29.1 Å². The first-order chi connectivity index (χ1) is 9.40. The fourth-order valence-electron chi connectivity index (χ4n) is 2.30. The van der Waals surface area contributed by atoms with Gasteiger partial charge in [0, 0.05) is 13.1 Å². The maximum Gasteiger partial charge on any atom is 0.337 e. The SMILES string of the molecule is Cc1nc(C(=O)N2CCC(C)C(O)C2)ccc1C(=O)O. The minimum absolute atomic E-state index is 0.0915. The highest BCUT2D eigenvalue weighted by molar-refractivity contribution is 5.94. The lowest BCUT2D eigenvalue weighted by Gasteiger charge is -2.34. The first-order valence-corrected chi connectivity index (χ1v) is 6.58. The van der Waals surface area contributed by atoms with Crippen LogP contribution in [0.4, 0.5) is 0 Å². The Balaban J connectivity index is 2.17. The van der Waals surface area contributed by atoms with Crippen molar-refractivity contribution < 1.29 is 19.8 Å². The van der Waals surface area contributed by atoms with Crippen molar-refractivity contribution in [3.8, 4) is 0 Å². The molecule has 1 aliphatic rings. The van der Waals surface area contributed by atoms with Crippen molar-refractivity contribution in [2.45, 2.75) is 26.4 Å². The molecule has 0 bridgehead atoms. The standard InChI is InChI=1S/C14H18N2O4/c1-8-5-6-16(7-12(8)17)13(18)11-4-3-10(14(19)20)9(2)15-11/h3-4,8,12,17H,5-7H2,1-2H3,(H,19,20). The Labute approximate surface area is 117 Å². The summed E-state index contributed by atoms with van der Waals surface area (Å²) < 4.78 is 0. The summed E-state index contributed by atoms with van der Waals surface area (Å²) in [6.07, 6.45) is 0.228. The van der Waals surface area contributed by atoms with Crippen molar-refractivity contribution in [1.29, 1.82) is 0 Å². The number of nitrogens with zero attached hydrogens (tertiary/aromatic N) is 2. The molecule has 20 heavy (non-hydrogen) atoms. The zero-order valence-electron chi connectivity index (χ0n) is 11.5. The van der Waals surface area contributed by atoms with E-state index in [2.05, 4.69) is 4.98 Å². The third kappa shape index (κ3) is 2.80. The molecule has 1 aromatic rings. The quantitative estimate of drug-likeness (QED) is 0.840. The molecule has 0 aliphatic carbocycles. The Bertz CT molecular complexity index is 544. The van der Waals surface area contributed by atoms with E-state index in [1.165, 1.54) is 12.1 Å². The monoisotopic (exact) mass is 278 g/mol. The van der Waals surface area contributed by atoms with Crippen LogP contribution in [0, 0.1) is 12.8 Å². The zero-order chi connectivity index (χ0) is 14.9. The number of aliphatic hydroxyl groups excluding tert-OH is 1. The zero-order valence-corrected chi connectivity index (χ0v) is 11.5. The van der Waals surface area contributed by atoms with Gasteiger partial charge in [-0.25, -0.2) is 9.78 Å². The summed E-state index contributed by atoms with van der Waals surface area (Å²) in [6, 6.07) is 2.81. The predicted molar refractivity (Wildman–Crippen MR) is 71.6 cm³/mol. The van der Waals surface area contributed by atoms with Crippen molar-refractivity contribution in [2.75, 3.05) is 13.1 Å². The fourth-order valence-corrected chi connectivity index (χ4v) is 2.30. The molecular formula is C14H18N2O4. The Kier molecular flexibility index (Phi) is 4.04. The van der Waals surface area contributed by atoms with Crippen LogP contribution in [0.25, 0.3) is 0 Å². The highest BCUT2D eigenvalue weighted by Crippen LogP contribution is 2.19. The van der Waals surface area contributed by atoms with Crippen LogP contribution >= 0.6 is 0 Å². The first-order valence-electron chi connectivity index (χ1n) is 6.58. The Morgan fingerprint density at radius 3 is 2.65 bits per heavy atom. The van der Waals surface area contributed by atoms with E-state index >= 15 is 0 Å². The number of carbonyl (C=O) groups excluding carboxylic acids is 1. The van der Waals surface area contributed by atoms with Crippen molar-refractivity contribution in [2.24, 2.45) is 5.92 Å². The molecular weight excluding hydrogens is 260 g/mol. The van der Waals surface area contributed by atoms with Gasteiger partial charge < -0.3 is 15.1 Å². The number of pyridine rings is 1. The molecule has 2 rings (SSSR count). The number of β-amino-alcohol motifs (C(OH)–C–C–N with tert-alkyl or cyclic N) is 1. The van der Waals surface area contributed by atoms with Gasteiger partial charge >= 0.3 is 5.97 Å². The average Bonchev–Trinajstić information content (AvgIpc) is 2.40. The van der Waals surface area contributed by atoms with Gasteiger partial charge in [-0.15, -0.1) is 0 Å². The molecule has 1 saturated heterocycles. The molecule has 2 heterocycles. The van der Waals surface area contributed by atoms with Gasteiger partial charge in [-0.3, -0.25) is 4.79 Å². The van der Waals surface area contributed by atoms with E-state index in [1.54, 1.807) is 11.8 Å². The summed E-state index contributed by atoms with van der Waals surface area (Å²) in [6.45, 7) is 4.39. The molecule has 1 amide bonds. The highest BCUT2D eigenvalue weighted by atomic mass is 16.4. The second-order valence-electron chi connectivity index (χ2n) is 5.22. The van der Waals surface area contributed by atoms with Crippen LogP contribution in [-0.4, -0.2) is 51.2 Å². The van der Waals surface area contributed by atoms with Gasteiger partial charge in [0.1, 0.15) is 5.69 Å². The third-order valence-electron chi connectivity index (χ3n) is 3.74. The number of piperidine rings is 1. The fraction of sp³-hybridized carbons (Fsp3) is 0.500. The van der Waals surface area contributed by atoms with Crippen molar-refractivity contribution in [3.63, 3.8) is 0 Å². The van der Waals surface area contributed by atoms with Gasteiger partial charge in [0.2, 0.25) is 0 Å². The lowest BCUT2D eigenvalue weighted by atomic mass is 9.96. The molecule has 2 atom stereocenters. The van der Waals surface area contributed by atoms with Gasteiger partial charge in [-0.05, 0) is 31.4 Å². The summed E-state index contributed by atoms with van der Waals surface area (Å²) in [7, 11) is 0. The number of carboxylic acid groups (broad SMARTS) is 1. The number of aromatic carboxylic acids is 1. The van der Waals surface area contributed by atoms with E-state index in [9.17, 15) is 14.7 Å².